The zero-order valence-electron chi connectivity index (χ0n) is 12.8. The molecule has 22 heavy (non-hydrogen) atoms. The van der Waals surface area contributed by atoms with Crippen molar-refractivity contribution in [2.45, 2.75) is 33.2 Å². The Morgan fingerprint density at radius 3 is 2.91 bits per heavy atom. The van der Waals surface area contributed by atoms with E-state index in [4.69, 9.17) is 14.6 Å². The van der Waals surface area contributed by atoms with Crippen molar-refractivity contribution in [2.75, 3.05) is 13.1 Å². The fourth-order valence-electron chi connectivity index (χ4n) is 2.89. The van der Waals surface area contributed by atoms with Gasteiger partial charge in [-0.3, -0.25) is 9.69 Å². The lowest BCUT2D eigenvalue weighted by atomic mass is 9.97. The van der Waals surface area contributed by atoms with Crippen LogP contribution in [0.15, 0.2) is 14.9 Å². The second-order valence-electron chi connectivity index (χ2n) is 5.80. The van der Waals surface area contributed by atoms with Crippen LogP contribution in [0, 0.1) is 19.8 Å². The molecule has 2 N–H and O–H groups in total. The van der Waals surface area contributed by atoms with E-state index in [0.717, 1.165) is 36.5 Å². The van der Waals surface area contributed by atoms with Crippen LogP contribution in [0.2, 0.25) is 0 Å². The number of hydrogen-bond acceptors (Lipinski definition) is 6. The summed E-state index contributed by atoms with van der Waals surface area (Å²) in [6.07, 6.45) is 1.81. The second kappa shape index (κ2) is 5.92. The highest BCUT2D eigenvalue weighted by atomic mass is 16.4. The molecule has 1 amide bonds. The first kappa shape index (κ1) is 14.8. The van der Waals surface area contributed by atoms with Gasteiger partial charge in [0.2, 0.25) is 11.8 Å². The van der Waals surface area contributed by atoms with E-state index in [9.17, 15) is 4.79 Å². The summed E-state index contributed by atoms with van der Waals surface area (Å²) in [5.74, 6) is 2.26. The van der Waals surface area contributed by atoms with Crippen LogP contribution >= 0.6 is 0 Å². The van der Waals surface area contributed by atoms with Gasteiger partial charge in [0.25, 0.3) is 5.89 Å². The van der Waals surface area contributed by atoms with Crippen molar-refractivity contribution in [2.24, 2.45) is 11.7 Å². The van der Waals surface area contributed by atoms with Crippen LogP contribution < -0.4 is 5.73 Å². The summed E-state index contributed by atoms with van der Waals surface area (Å²) in [5.41, 5.74) is 6.22. The summed E-state index contributed by atoms with van der Waals surface area (Å²) < 4.78 is 11.2. The van der Waals surface area contributed by atoms with Gasteiger partial charge in [-0.2, -0.15) is 0 Å². The van der Waals surface area contributed by atoms with Crippen molar-refractivity contribution in [3.8, 4) is 11.5 Å². The Balaban J connectivity index is 1.69. The summed E-state index contributed by atoms with van der Waals surface area (Å²) in [6, 6.07) is 1.89. The number of amides is 1. The fourth-order valence-corrected chi connectivity index (χ4v) is 2.89. The molecule has 0 saturated carbocycles. The Bertz CT molecular complexity index is 676. The Morgan fingerprint density at radius 1 is 1.41 bits per heavy atom. The smallest absolute Gasteiger partial charge is 0.251 e. The summed E-state index contributed by atoms with van der Waals surface area (Å²) in [4.78, 5) is 13.4. The second-order valence-corrected chi connectivity index (χ2v) is 5.80. The van der Waals surface area contributed by atoms with E-state index in [2.05, 4.69) is 15.1 Å². The summed E-state index contributed by atoms with van der Waals surface area (Å²) in [5, 5.41) is 8.18. The lowest BCUT2D eigenvalue weighted by molar-refractivity contribution is -0.123. The standard InChI is InChI=1S/C15H20N4O3/c1-9-6-12(10(2)21-9)15-18-17-13(22-15)8-19-5-3-4-11(7-19)14(16)20/h6,11H,3-5,7-8H2,1-2H3,(H2,16,20)/t11-/m0/s1. The van der Waals surface area contributed by atoms with Crippen LogP contribution in [0.5, 0.6) is 0 Å². The predicted octanol–water partition coefficient (Wildman–Crippen LogP) is 1.64. The largest absolute Gasteiger partial charge is 0.466 e. The Morgan fingerprint density at radius 2 is 2.23 bits per heavy atom. The van der Waals surface area contributed by atoms with Crippen molar-refractivity contribution >= 4 is 5.91 Å². The number of furan rings is 1. The topological polar surface area (TPSA) is 98.4 Å². The third kappa shape index (κ3) is 3.04. The third-order valence-corrected chi connectivity index (χ3v) is 4.00. The maximum Gasteiger partial charge on any atom is 0.251 e. The molecule has 7 heteroatoms. The normalized spacial score (nSPS) is 19.5. The van der Waals surface area contributed by atoms with Gasteiger partial charge < -0.3 is 14.6 Å². The monoisotopic (exact) mass is 304 g/mol. The van der Waals surface area contributed by atoms with Gasteiger partial charge in [-0.25, -0.2) is 0 Å². The van der Waals surface area contributed by atoms with E-state index < -0.39 is 0 Å². The van der Waals surface area contributed by atoms with Crippen LogP contribution in [0.25, 0.3) is 11.5 Å². The molecule has 0 aromatic carbocycles. The first-order valence-electron chi connectivity index (χ1n) is 7.44. The number of aryl methyl sites for hydroxylation is 2. The van der Waals surface area contributed by atoms with Crippen molar-refractivity contribution < 1.29 is 13.6 Å². The van der Waals surface area contributed by atoms with Gasteiger partial charge >= 0.3 is 0 Å². The minimum absolute atomic E-state index is 0.0880. The van der Waals surface area contributed by atoms with Crippen molar-refractivity contribution in [3.63, 3.8) is 0 Å². The number of piperidine rings is 1. The summed E-state index contributed by atoms with van der Waals surface area (Å²) in [7, 11) is 0. The van der Waals surface area contributed by atoms with E-state index in [1.165, 1.54) is 0 Å². The number of nitrogens with zero attached hydrogens (tertiary/aromatic N) is 3. The highest BCUT2D eigenvalue weighted by Gasteiger charge is 2.25. The quantitative estimate of drug-likeness (QED) is 0.922. The molecule has 1 aliphatic heterocycles. The number of likely N-dealkylation sites (tertiary alicyclic amines) is 1. The van der Waals surface area contributed by atoms with Gasteiger partial charge in [-0.1, -0.05) is 0 Å². The van der Waals surface area contributed by atoms with Gasteiger partial charge in [0.15, 0.2) is 0 Å². The lowest BCUT2D eigenvalue weighted by Crippen LogP contribution is -2.40. The van der Waals surface area contributed by atoms with Crippen LogP contribution in [-0.4, -0.2) is 34.1 Å². The number of rotatable bonds is 4. The molecule has 0 aliphatic carbocycles. The zero-order chi connectivity index (χ0) is 15.7. The zero-order valence-corrected chi connectivity index (χ0v) is 12.8. The van der Waals surface area contributed by atoms with Crippen LogP contribution in [-0.2, 0) is 11.3 Å². The van der Waals surface area contributed by atoms with Crippen molar-refractivity contribution in [1.29, 1.82) is 0 Å². The molecular weight excluding hydrogens is 284 g/mol. The van der Waals surface area contributed by atoms with Crippen LogP contribution in [0.1, 0.15) is 30.3 Å². The molecule has 1 saturated heterocycles. The minimum atomic E-state index is -0.236. The first-order chi connectivity index (χ1) is 10.5. The number of primary amides is 1. The highest BCUT2D eigenvalue weighted by molar-refractivity contribution is 5.76. The van der Waals surface area contributed by atoms with Crippen molar-refractivity contribution in [3.05, 3.63) is 23.5 Å². The van der Waals surface area contributed by atoms with E-state index in [1.54, 1.807) is 0 Å². The minimum Gasteiger partial charge on any atom is -0.466 e. The number of carbonyl (C=O) groups is 1. The molecule has 2 aromatic heterocycles. The lowest BCUT2D eigenvalue weighted by Gasteiger charge is -2.29. The molecule has 3 rings (SSSR count). The number of aromatic nitrogens is 2. The third-order valence-electron chi connectivity index (χ3n) is 4.00. The molecular formula is C15H20N4O3. The molecule has 1 fully saturated rings. The van der Waals surface area contributed by atoms with Gasteiger partial charge in [0.1, 0.15) is 11.5 Å². The van der Waals surface area contributed by atoms with Gasteiger partial charge in [0, 0.05) is 6.54 Å². The Labute approximate surface area is 128 Å². The fraction of sp³-hybridized carbons (Fsp3) is 0.533. The summed E-state index contributed by atoms with van der Waals surface area (Å²) >= 11 is 0. The molecule has 0 spiro atoms. The Kier molecular flexibility index (Phi) is 3.98. The van der Waals surface area contributed by atoms with E-state index in [1.807, 2.05) is 19.9 Å². The highest BCUT2D eigenvalue weighted by Crippen LogP contribution is 2.26. The van der Waals surface area contributed by atoms with Gasteiger partial charge in [-0.15, -0.1) is 10.2 Å². The molecule has 0 bridgehead atoms. The SMILES string of the molecule is Cc1cc(-c2nnc(CN3CCC[C@H](C(N)=O)C3)o2)c(C)o1. The first-order valence-corrected chi connectivity index (χ1v) is 7.44. The number of hydrogen-bond donors (Lipinski definition) is 1. The number of carbonyl (C=O) groups excluding carboxylic acids is 1. The van der Waals surface area contributed by atoms with Gasteiger partial charge in [0.05, 0.1) is 18.0 Å². The molecule has 1 atom stereocenters. The summed E-state index contributed by atoms with van der Waals surface area (Å²) in [6.45, 7) is 5.84. The molecule has 118 valence electrons. The molecule has 3 heterocycles. The van der Waals surface area contributed by atoms with Gasteiger partial charge in [-0.05, 0) is 39.3 Å². The van der Waals surface area contributed by atoms with Crippen LogP contribution in [0.3, 0.4) is 0 Å². The molecule has 1 aliphatic rings. The maximum absolute atomic E-state index is 11.3. The van der Waals surface area contributed by atoms with Crippen LogP contribution in [0.4, 0.5) is 0 Å². The van der Waals surface area contributed by atoms with E-state index in [-0.39, 0.29) is 11.8 Å². The molecule has 7 nitrogen and oxygen atoms in total. The molecule has 2 aromatic rings. The maximum atomic E-state index is 11.3. The van der Waals surface area contributed by atoms with E-state index >= 15 is 0 Å². The number of nitrogens with two attached hydrogens (primary N) is 1. The van der Waals surface area contributed by atoms with Crippen molar-refractivity contribution in [1.82, 2.24) is 15.1 Å². The molecule has 0 unspecified atom stereocenters. The Hall–Kier alpha value is -2.15. The predicted molar refractivity (Wildman–Crippen MR) is 78.7 cm³/mol. The van der Waals surface area contributed by atoms with E-state index in [0.29, 0.717) is 24.9 Å². The molecule has 0 radical (unpaired) electrons. The average Bonchev–Trinajstić information content (AvgIpc) is 3.05. The average molecular weight is 304 g/mol.